The van der Waals surface area contributed by atoms with Crippen molar-refractivity contribution in [2.24, 2.45) is 0 Å². The van der Waals surface area contributed by atoms with Crippen LogP contribution in [0.4, 0.5) is 17.6 Å². The molecule has 0 radical (unpaired) electrons. The molecule has 1 amide bonds. The summed E-state index contributed by atoms with van der Waals surface area (Å²) in [5, 5.41) is 31.6. The second-order valence-corrected chi connectivity index (χ2v) is 19.6. The molecular formula is C54H68F4N2O9. The minimum Gasteiger partial charge on any atom is -0.478 e. The summed E-state index contributed by atoms with van der Waals surface area (Å²) in [5.41, 5.74) is -0.774. The van der Waals surface area contributed by atoms with E-state index >= 15 is 0 Å². The van der Waals surface area contributed by atoms with Crippen LogP contribution in [-0.4, -0.2) is 94.9 Å². The number of carbonyl (C=O) groups is 2. The first-order valence-corrected chi connectivity index (χ1v) is 24.0. The quantitative estimate of drug-likeness (QED) is 0.113. The third-order valence-corrected chi connectivity index (χ3v) is 13.5. The van der Waals surface area contributed by atoms with Crippen LogP contribution in [0.15, 0.2) is 84.9 Å². The van der Waals surface area contributed by atoms with E-state index < -0.39 is 34.4 Å². The van der Waals surface area contributed by atoms with Gasteiger partial charge in [-0.2, -0.15) is 0 Å². The molecular weight excluding hydrogens is 897 g/mol. The summed E-state index contributed by atoms with van der Waals surface area (Å²) in [7, 11) is 0. The number of carboxylic acid groups (broad SMARTS) is 1. The molecule has 0 aromatic heterocycles. The van der Waals surface area contributed by atoms with E-state index in [0.29, 0.717) is 39.0 Å². The molecule has 4 saturated heterocycles. The highest BCUT2D eigenvalue weighted by Crippen LogP contribution is 2.45. The van der Waals surface area contributed by atoms with Gasteiger partial charge in [0.1, 0.15) is 23.3 Å². The van der Waals surface area contributed by atoms with Crippen LogP contribution in [0.25, 0.3) is 0 Å². The molecule has 11 nitrogen and oxygen atoms in total. The predicted octanol–water partition coefficient (Wildman–Crippen LogP) is 10.1. The Bertz CT molecular complexity index is 2320. The number of likely N-dealkylation sites (tertiary alicyclic amines) is 1. The first kappa shape index (κ1) is 53.6. The van der Waals surface area contributed by atoms with Gasteiger partial charge in [-0.05, 0) is 140 Å². The number of piperidine rings is 2. The number of amides is 1. The number of aliphatic hydroxyl groups is 2. The zero-order chi connectivity index (χ0) is 50.1. The van der Waals surface area contributed by atoms with Crippen molar-refractivity contribution < 1.29 is 61.4 Å². The largest absolute Gasteiger partial charge is 0.478 e. The molecule has 69 heavy (non-hydrogen) atoms. The molecule has 8 rings (SSSR count). The van der Waals surface area contributed by atoms with E-state index in [0.717, 1.165) is 69.0 Å². The van der Waals surface area contributed by atoms with Gasteiger partial charge in [0.05, 0.1) is 52.4 Å². The number of carbonyl (C=O) groups excluding carboxylic acids is 1. The van der Waals surface area contributed by atoms with E-state index in [1.807, 2.05) is 26.0 Å². The van der Waals surface area contributed by atoms with Crippen molar-refractivity contribution >= 4 is 11.9 Å². The van der Waals surface area contributed by atoms with E-state index in [1.54, 1.807) is 23.1 Å². The normalized spacial score (nSPS) is 22.2. The summed E-state index contributed by atoms with van der Waals surface area (Å²) < 4.78 is 79.3. The molecule has 0 saturated carbocycles. The van der Waals surface area contributed by atoms with Crippen molar-refractivity contribution in [1.82, 2.24) is 10.2 Å². The van der Waals surface area contributed by atoms with Gasteiger partial charge in [-0.15, -0.1) is 0 Å². The van der Waals surface area contributed by atoms with E-state index in [-0.39, 0.29) is 69.8 Å². The molecule has 4 atom stereocenters. The molecule has 4 unspecified atom stereocenters. The highest BCUT2D eigenvalue weighted by Gasteiger charge is 2.46. The zero-order valence-corrected chi connectivity index (χ0v) is 40.5. The Hall–Kier alpha value is -4.74. The number of nitrogens with one attached hydrogen (secondary N) is 1. The summed E-state index contributed by atoms with van der Waals surface area (Å²) in [5.74, 6) is -3.21. The van der Waals surface area contributed by atoms with Crippen molar-refractivity contribution in [3.05, 3.63) is 142 Å². The van der Waals surface area contributed by atoms with Crippen LogP contribution in [0.5, 0.6) is 0 Å². The Morgan fingerprint density at radius 1 is 0.652 bits per heavy atom. The monoisotopic (exact) mass is 964 g/mol. The highest BCUT2D eigenvalue weighted by molar-refractivity contribution is 5.94. The number of carboxylic acids is 1. The van der Waals surface area contributed by atoms with E-state index in [9.17, 15) is 37.4 Å². The maximum absolute atomic E-state index is 14.5. The molecule has 15 heteroatoms. The van der Waals surface area contributed by atoms with Crippen LogP contribution < -0.4 is 5.32 Å². The number of rotatable bonds is 10. The Balaban J connectivity index is 0.000000189. The molecule has 2 spiro atoms. The number of halogens is 4. The lowest BCUT2D eigenvalue weighted by molar-refractivity contribution is -0.190. The molecule has 0 bridgehead atoms. The lowest BCUT2D eigenvalue weighted by atomic mass is 9.80. The van der Waals surface area contributed by atoms with Gasteiger partial charge in [-0.25, -0.2) is 22.4 Å². The zero-order valence-electron chi connectivity index (χ0n) is 40.5. The molecule has 4 N–H and O–H groups in total. The smallest absolute Gasteiger partial charge is 0.335 e. The summed E-state index contributed by atoms with van der Waals surface area (Å²) in [4.78, 5) is 25.3. The molecule has 4 fully saturated rings. The fourth-order valence-electron chi connectivity index (χ4n) is 9.87. The number of hydrogen-bond acceptors (Lipinski definition) is 9. The Labute approximate surface area is 403 Å². The SMILES string of the molecule is CC(C)(O)c1ccc(C(=O)O)cc1F.CCOC1CC(c2ccc(F)cc2)OC2(CCN(C(=O)c3ccc(C(C)(C)O)c(F)c3)CC2)C1.CCOC1CC(c2ccc(F)cc2)OC2(CCNCC2)C1. The van der Waals surface area contributed by atoms with Crippen LogP contribution >= 0.6 is 0 Å². The van der Waals surface area contributed by atoms with Crippen molar-refractivity contribution in [1.29, 1.82) is 0 Å². The first-order chi connectivity index (χ1) is 32.6. The third kappa shape index (κ3) is 14.2. The van der Waals surface area contributed by atoms with Gasteiger partial charge in [0, 0.05) is 68.7 Å². The van der Waals surface area contributed by atoms with Crippen molar-refractivity contribution in [3.8, 4) is 0 Å². The van der Waals surface area contributed by atoms with Crippen LogP contribution in [0.3, 0.4) is 0 Å². The standard InChI is InChI=1S/C27H33F2NO4.C17H24FNO2.C10H11FO3/c1-4-33-21-16-24(18-5-8-20(28)9-6-18)34-27(17-21)11-13-30(14-12-27)25(31)19-7-10-22(23(29)15-19)26(2,3)32;1-2-20-15-11-16(13-3-5-14(18)6-4-13)21-17(12-15)7-9-19-10-8-17;1-10(2,14)7-4-3-6(9(12)13)5-8(7)11/h5-10,15,21,24,32H,4,11-14,16-17H2,1-3H3;3-6,15-16,19H,2,7-12H2,1H3;3-5,14H,1-2H3,(H,12,13). The number of ether oxygens (including phenoxy) is 4. The summed E-state index contributed by atoms with van der Waals surface area (Å²) in [6.45, 7) is 14.2. The van der Waals surface area contributed by atoms with Crippen molar-refractivity contribution in [2.45, 2.75) is 140 Å². The fraction of sp³-hybridized carbons (Fsp3) is 0.519. The Morgan fingerprint density at radius 3 is 1.45 bits per heavy atom. The van der Waals surface area contributed by atoms with E-state index in [4.69, 9.17) is 24.1 Å². The Morgan fingerprint density at radius 2 is 1.06 bits per heavy atom. The molecule has 4 heterocycles. The van der Waals surface area contributed by atoms with Gasteiger partial charge >= 0.3 is 5.97 Å². The van der Waals surface area contributed by atoms with Gasteiger partial charge in [-0.1, -0.05) is 36.4 Å². The molecule has 4 aromatic rings. The van der Waals surface area contributed by atoms with E-state index in [2.05, 4.69) is 5.32 Å². The maximum atomic E-state index is 14.5. The lowest BCUT2D eigenvalue weighted by Gasteiger charge is -2.48. The Kier molecular flexibility index (Phi) is 17.9. The maximum Gasteiger partial charge on any atom is 0.335 e. The molecule has 4 aliphatic rings. The second kappa shape index (κ2) is 23.0. The minimum atomic E-state index is -1.32. The summed E-state index contributed by atoms with van der Waals surface area (Å²) in [6, 6.07) is 20.8. The van der Waals surface area contributed by atoms with Crippen molar-refractivity contribution in [3.63, 3.8) is 0 Å². The lowest BCUT2D eigenvalue weighted by Crippen LogP contribution is -2.52. The molecule has 4 aliphatic heterocycles. The van der Waals surface area contributed by atoms with Gasteiger partial charge in [0.15, 0.2) is 0 Å². The highest BCUT2D eigenvalue weighted by atomic mass is 19.1. The molecule has 376 valence electrons. The minimum absolute atomic E-state index is 0.00833. The third-order valence-electron chi connectivity index (χ3n) is 13.5. The fourth-order valence-corrected chi connectivity index (χ4v) is 9.87. The van der Waals surface area contributed by atoms with Crippen LogP contribution in [0.1, 0.15) is 148 Å². The molecule has 4 aromatic carbocycles. The average molecular weight is 965 g/mol. The predicted molar refractivity (Wildman–Crippen MR) is 253 cm³/mol. The molecule has 0 aliphatic carbocycles. The summed E-state index contributed by atoms with van der Waals surface area (Å²) >= 11 is 0. The number of aromatic carboxylic acids is 1. The van der Waals surface area contributed by atoms with Crippen LogP contribution in [0, 0.1) is 23.3 Å². The van der Waals surface area contributed by atoms with Crippen molar-refractivity contribution in [2.75, 3.05) is 39.4 Å². The van der Waals surface area contributed by atoms with E-state index in [1.165, 1.54) is 76.2 Å². The first-order valence-electron chi connectivity index (χ1n) is 24.0. The van der Waals surface area contributed by atoms with Crippen LogP contribution in [0.2, 0.25) is 0 Å². The van der Waals surface area contributed by atoms with Gasteiger partial charge in [0.25, 0.3) is 5.91 Å². The topological polar surface area (TPSA) is 147 Å². The number of benzene rings is 4. The van der Waals surface area contributed by atoms with Gasteiger partial charge in [0.2, 0.25) is 0 Å². The number of nitrogens with zero attached hydrogens (tertiary/aromatic N) is 1. The van der Waals surface area contributed by atoms with Crippen LogP contribution in [-0.2, 0) is 30.1 Å². The van der Waals surface area contributed by atoms with Gasteiger partial charge < -0.3 is 44.5 Å². The summed E-state index contributed by atoms with van der Waals surface area (Å²) in [6.07, 6.45) is 6.68. The van der Waals surface area contributed by atoms with Gasteiger partial charge in [-0.3, -0.25) is 4.79 Å². The average Bonchev–Trinajstić information content (AvgIpc) is 3.29. The number of hydrogen-bond donors (Lipinski definition) is 4. The second-order valence-electron chi connectivity index (χ2n) is 19.6.